The maximum absolute atomic E-state index is 6.11. The quantitative estimate of drug-likeness (QED) is 0.332. The zero-order chi connectivity index (χ0) is 19.7. The van der Waals surface area contributed by atoms with E-state index in [-0.39, 0.29) is 0 Å². The van der Waals surface area contributed by atoms with Crippen molar-refractivity contribution in [3.05, 3.63) is 114 Å². The van der Waals surface area contributed by atoms with Crippen molar-refractivity contribution in [3.63, 3.8) is 0 Å². The Bertz CT molecular complexity index is 967. The summed E-state index contributed by atoms with van der Waals surface area (Å²) in [6.45, 7) is 1.26. The smallest absolute Gasteiger partial charge is 0.192 e. The third kappa shape index (κ3) is 5.44. The van der Waals surface area contributed by atoms with Crippen LogP contribution in [0.2, 0.25) is 0 Å². The maximum atomic E-state index is 6.11. The highest BCUT2D eigenvalue weighted by molar-refractivity contribution is 5.88. The summed E-state index contributed by atoms with van der Waals surface area (Å²) in [5, 5.41) is 2.23. The van der Waals surface area contributed by atoms with Crippen LogP contribution in [0.1, 0.15) is 11.1 Å². The van der Waals surface area contributed by atoms with Crippen LogP contribution < -0.4 is 4.74 Å². The largest absolute Gasteiger partial charge is 0.488 e. The van der Waals surface area contributed by atoms with E-state index in [1.54, 1.807) is 0 Å². The molecule has 0 bridgehead atoms. The van der Waals surface area contributed by atoms with Crippen LogP contribution in [0.15, 0.2) is 103 Å². The maximum Gasteiger partial charge on any atom is 0.192 e. The van der Waals surface area contributed by atoms with Crippen LogP contribution in [0.5, 0.6) is 5.75 Å². The minimum atomic E-state index is -0.477. The lowest BCUT2D eigenvalue weighted by Crippen LogP contribution is -2.25. The molecule has 0 saturated heterocycles. The molecule has 29 heavy (non-hydrogen) atoms. The fraction of sp³-hybridized carbons (Fsp3) is 0.154. The monoisotopic (exact) mass is 384 g/mol. The molecule has 3 nitrogen and oxygen atoms in total. The van der Waals surface area contributed by atoms with Gasteiger partial charge in [0.1, 0.15) is 12.4 Å². The molecule has 4 aromatic carbocycles. The molecule has 146 valence electrons. The number of benzene rings is 4. The average molecular weight is 384 g/mol. The van der Waals surface area contributed by atoms with Crippen molar-refractivity contribution in [2.75, 3.05) is 6.61 Å². The zero-order valence-electron chi connectivity index (χ0n) is 16.2. The minimum absolute atomic E-state index is 0.313. The molecule has 0 aliphatic carbocycles. The highest BCUT2D eigenvalue weighted by Crippen LogP contribution is 2.25. The molecule has 3 heteroatoms. The molecule has 0 N–H and O–H groups in total. The Morgan fingerprint density at radius 3 is 1.76 bits per heavy atom. The Morgan fingerprint density at radius 1 is 0.552 bits per heavy atom. The second-order valence-electron chi connectivity index (χ2n) is 6.81. The predicted octanol–water partition coefficient (Wildman–Crippen LogP) is 5.98. The zero-order valence-corrected chi connectivity index (χ0v) is 16.2. The summed E-state index contributed by atoms with van der Waals surface area (Å²) in [6.07, 6.45) is -0.477. The lowest BCUT2D eigenvalue weighted by Gasteiger charge is -2.20. The average Bonchev–Trinajstić information content (AvgIpc) is 2.80. The Labute approximate surface area is 171 Å². The van der Waals surface area contributed by atoms with E-state index in [9.17, 15) is 0 Å². The van der Waals surface area contributed by atoms with Crippen LogP contribution in [-0.2, 0) is 22.7 Å². The lowest BCUT2D eigenvalue weighted by atomic mass is 10.1. The van der Waals surface area contributed by atoms with Crippen LogP contribution in [0.25, 0.3) is 10.8 Å². The number of hydrogen-bond acceptors (Lipinski definition) is 3. The van der Waals surface area contributed by atoms with Crippen LogP contribution in [0, 0.1) is 0 Å². The number of rotatable bonds is 9. The number of fused-ring (bicyclic) bond motifs is 1. The van der Waals surface area contributed by atoms with Crippen LogP contribution in [0.3, 0.4) is 0 Å². The molecule has 0 heterocycles. The molecule has 0 atom stereocenters. The van der Waals surface area contributed by atoms with Crippen molar-refractivity contribution in [1.29, 1.82) is 0 Å². The summed E-state index contributed by atoms with van der Waals surface area (Å²) < 4.78 is 18.2. The summed E-state index contributed by atoms with van der Waals surface area (Å²) in [4.78, 5) is 0. The van der Waals surface area contributed by atoms with Crippen molar-refractivity contribution in [1.82, 2.24) is 0 Å². The van der Waals surface area contributed by atoms with Gasteiger partial charge in [0.15, 0.2) is 6.29 Å². The van der Waals surface area contributed by atoms with Gasteiger partial charge in [-0.3, -0.25) is 0 Å². The molecule has 0 aliphatic heterocycles. The first kappa shape index (κ1) is 19.2. The standard InChI is InChI=1S/C26H24O3/c1-3-10-21(11-4-1)18-28-26(29-19-22-12-5-2-6-13-22)20-27-25-17-9-15-23-14-7-8-16-24(23)25/h1-17,26H,18-20H2. The van der Waals surface area contributed by atoms with Gasteiger partial charge in [-0.1, -0.05) is 97.1 Å². The van der Waals surface area contributed by atoms with Gasteiger partial charge in [-0.15, -0.1) is 0 Å². The molecule has 0 fully saturated rings. The Balaban J connectivity index is 1.43. The Kier molecular flexibility index (Phi) is 6.53. The van der Waals surface area contributed by atoms with Gasteiger partial charge in [-0.05, 0) is 22.6 Å². The summed E-state index contributed by atoms with van der Waals surface area (Å²) in [7, 11) is 0. The first-order valence-corrected chi connectivity index (χ1v) is 9.80. The molecule has 0 amide bonds. The molecule has 0 radical (unpaired) electrons. The second kappa shape index (κ2) is 9.87. The number of hydrogen-bond donors (Lipinski definition) is 0. The van der Waals surface area contributed by atoms with Crippen LogP contribution >= 0.6 is 0 Å². The Hall–Kier alpha value is -3.14. The third-order valence-corrected chi connectivity index (χ3v) is 4.68. The molecule has 0 aliphatic rings. The summed E-state index contributed by atoms with van der Waals surface area (Å²) in [5.74, 6) is 0.833. The van der Waals surface area contributed by atoms with Gasteiger partial charge in [0.25, 0.3) is 0 Å². The third-order valence-electron chi connectivity index (χ3n) is 4.68. The first-order valence-electron chi connectivity index (χ1n) is 9.80. The molecule has 0 saturated carbocycles. The van der Waals surface area contributed by atoms with Gasteiger partial charge >= 0.3 is 0 Å². The number of ether oxygens (including phenoxy) is 3. The van der Waals surface area contributed by atoms with Gasteiger partial charge in [0.05, 0.1) is 13.2 Å². The van der Waals surface area contributed by atoms with E-state index in [1.165, 1.54) is 0 Å². The Morgan fingerprint density at radius 2 is 1.10 bits per heavy atom. The van der Waals surface area contributed by atoms with Crippen LogP contribution in [-0.4, -0.2) is 12.9 Å². The molecular weight excluding hydrogens is 360 g/mol. The van der Waals surface area contributed by atoms with Gasteiger partial charge in [0, 0.05) is 5.39 Å². The topological polar surface area (TPSA) is 27.7 Å². The predicted molar refractivity (Wildman–Crippen MR) is 116 cm³/mol. The molecular formula is C26H24O3. The van der Waals surface area contributed by atoms with Crippen molar-refractivity contribution in [3.8, 4) is 5.75 Å². The van der Waals surface area contributed by atoms with E-state index >= 15 is 0 Å². The van der Waals surface area contributed by atoms with Crippen molar-refractivity contribution in [2.24, 2.45) is 0 Å². The molecule has 0 unspecified atom stereocenters. The van der Waals surface area contributed by atoms with E-state index in [2.05, 4.69) is 18.2 Å². The molecule has 0 spiro atoms. The summed E-state index contributed by atoms with van der Waals surface area (Å²) >= 11 is 0. The SMILES string of the molecule is c1ccc(COC(COc2cccc3ccccc23)OCc2ccccc2)cc1. The van der Waals surface area contributed by atoms with Crippen LogP contribution in [0.4, 0.5) is 0 Å². The van der Waals surface area contributed by atoms with Crippen molar-refractivity contribution < 1.29 is 14.2 Å². The highest BCUT2D eigenvalue weighted by Gasteiger charge is 2.13. The summed E-state index contributed by atoms with van der Waals surface area (Å²) in [5.41, 5.74) is 2.21. The van der Waals surface area contributed by atoms with E-state index < -0.39 is 6.29 Å². The van der Waals surface area contributed by atoms with E-state index in [0.717, 1.165) is 27.6 Å². The van der Waals surface area contributed by atoms with E-state index in [4.69, 9.17) is 14.2 Å². The fourth-order valence-electron chi connectivity index (χ4n) is 3.15. The first-order chi connectivity index (χ1) is 14.4. The summed E-state index contributed by atoms with van der Waals surface area (Å²) in [6, 6.07) is 34.4. The van der Waals surface area contributed by atoms with Gasteiger partial charge in [-0.25, -0.2) is 0 Å². The van der Waals surface area contributed by atoms with Gasteiger partial charge in [0.2, 0.25) is 0 Å². The minimum Gasteiger partial charge on any atom is -0.488 e. The van der Waals surface area contributed by atoms with Crippen molar-refractivity contribution >= 4 is 10.8 Å². The normalized spacial score (nSPS) is 11.1. The lowest BCUT2D eigenvalue weighted by molar-refractivity contribution is -0.171. The fourth-order valence-corrected chi connectivity index (χ4v) is 3.15. The second-order valence-corrected chi connectivity index (χ2v) is 6.81. The van der Waals surface area contributed by atoms with E-state index in [1.807, 2.05) is 84.9 Å². The van der Waals surface area contributed by atoms with Gasteiger partial charge in [-0.2, -0.15) is 0 Å². The molecule has 4 rings (SSSR count). The molecule has 0 aromatic heterocycles. The highest BCUT2D eigenvalue weighted by atomic mass is 16.7. The van der Waals surface area contributed by atoms with E-state index in [0.29, 0.717) is 19.8 Å². The van der Waals surface area contributed by atoms with Crippen molar-refractivity contribution in [2.45, 2.75) is 19.5 Å². The van der Waals surface area contributed by atoms with Gasteiger partial charge < -0.3 is 14.2 Å². The molecule has 4 aromatic rings.